The van der Waals surface area contributed by atoms with Crippen LogP contribution in [0.3, 0.4) is 0 Å². The van der Waals surface area contributed by atoms with Crippen molar-refractivity contribution in [1.82, 2.24) is 0 Å². The fraction of sp³-hybridized carbons (Fsp3) is 0.944. The van der Waals surface area contributed by atoms with Gasteiger partial charge < -0.3 is 4.74 Å². The van der Waals surface area contributed by atoms with Gasteiger partial charge in [0.05, 0.1) is 12.2 Å². The summed E-state index contributed by atoms with van der Waals surface area (Å²) in [6.45, 7) is 8.78. The van der Waals surface area contributed by atoms with Crippen LogP contribution in [-0.2, 0) is 9.53 Å². The van der Waals surface area contributed by atoms with E-state index < -0.39 is 0 Å². The molecule has 0 atom stereocenters. The van der Waals surface area contributed by atoms with E-state index in [4.69, 9.17) is 4.74 Å². The fourth-order valence-corrected chi connectivity index (χ4v) is 3.74. The molecule has 0 spiro atoms. The number of ether oxygens (including phenoxy) is 1. The van der Waals surface area contributed by atoms with Crippen molar-refractivity contribution in [1.29, 1.82) is 0 Å². The summed E-state index contributed by atoms with van der Waals surface area (Å²) < 4.78 is 6.30. The molecule has 0 aromatic carbocycles. The summed E-state index contributed by atoms with van der Waals surface area (Å²) in [7, 11) is 0. The third kappa shape index (κ3) is 4.31. The van der Waals surface area contributed by atoms with Gasteiger partial charge in [0.25, 0.3) is 0 Å². The van der Waals surface area contributed by atoms with E-state index in [2.05, 4.69) is 13.8 Å². The molecule has 2 nitrogen and oxygen atoms in total. The van der Waals surface area contributed by atoms with E-state index >= 15 is 0 Å². The summed E-state index contributed by atoms with van der Waals surface area (Å²) in [5.74, 6) is 0.959. The van der Waals surface area contributed by atoms with Crippen molar-refractivity contribution < 1.29 is 9.53 Å². The Balaban J connectivity index is 1.71. The van der Waals surface area contributed by atoms with Crippen molar-refractivity contribution in [2.45, 2.75) is 91.3 Å². The molecule has 20 heavy (non-hydrogen) atoms. The zero-order valence-corrected chi connectivity index (χ0v) is 13.8. The van der Waals surface area contributed by atoms with Gasteiger partial charge >= 0.3 is 0 Å². The van der Waals surface area contributed by atoms with Crippen LogP contribution in [0.15, 0.2) is 0 Å². The highest BCUT2D eigenvalue weighted by molar-refractivity contribution is 5.82. The van der Waals surface area contributed by atoms with E-state index in [1.54, 1.807) is 0 Å². The van der Waals surface area contributed by atoms with E-state index in [1.165, 1.54) is 25.7 Å². The first-order valence-corrected chi connectivity index (χ1v) is 8.56. The Bertz CT molecular complexity index is 314. The molecule has 2 rings (SSSR count). The Hall–Kier alpha value is -0.370. The lowest BCUT2D eigenvalue weighted by Gasteiger charge is -2.37. The van der Waals surface area contributed by atoms with Gasteiger partial charge in [-0.25, -0.2) is 0 Å². The molecular weight excluding hydrogens is 248 g/mol. The summed E-state index contributed by atoms with van der Waals surface area (Å²) in [5, 5.41) is 0. The number of Topliss-reactive ketones (excluding diaryl/α,β-unsaturated/α-hetero) is 1. The first-order valence-electron chi connectivity index (χ1n) is 8.56. The average Bonchev–Trinajstić information content (AvgIpc) is 2.41. The van der Waals surface area contributed by atoms with Crippen molar-refractivity contribution in [3.63, 3.8) is 0 Å². The summed E-state index contributed by atoms with van der Waals surface area (Å²) in [6.07, 6.45) is 10.2. The summed E-state index contributed by atoms with van der Waals surface area (Å²) in [4.78, 5) is 12.0. The SMILES string of the molecule is CC(C)C(=O)C1CCC(OC2CCC(C)(C)CC2)CC1. The normalized spacial score (nSPS) is 31.4. The highest BCUT2D eigenvalue weighted by Gasteiger charge is 2.32. The Labute approximate surface area is 124 Å². The molecule has 116 valence electrons. The molecule has 2 saturated carbocycles. The lowest BCUT2D eigenvalue weighted by Crippen LogP contribution is -2.33. The number of carbonyl (C=O) groups is 1. The van der Waals surface area contributed by atoms with Crippen LogP contribution in [0.4, 0.5) is 0 Å². The van der Waals surface area contributed by atoms with E-state index in [-0.39, 0.29) is 5.92 Å². The number of rotatable bonds is 4. The van der Waals surface area contributed by atoms with Gasteiger partial charge in [0.1, 0.15) is 5.78 Å². The maximum absolute atomic E-state index is 12.0. The fourth-order valence-electron chi connectivity index (χ4n) is 3.74. The minimum Gasteiger partial charge on any atom is -0.375 e. The number of hydrogen-bond donors (Lipinski definition) is 0. The Morgan fingerprint density at radius 3 is 1.95 bits per heavy atom. The highest BCUT2D eigenvalue weighted by Crippen LogP contribution is 2.38. The molecule has 0 aromatic rings. The van der Waals surface area contributed by atoms with Crippen molar-refractivity contribution >= 4 is 5.78 Å². The molecule has 0 heterocycles. The molecular formula is C18H32O2. The molecule has 0 N–H and O–H groups in total. The largest absolute Gasteiger partial charge is 0.375 e. The molecule has 0 unspecified atom stereocenters. The lowest BCUT2D eigenvalue weighted by atomic mass is 9.76. The van der Waals surface area contributed by atoms with E-state index in [9.17, 15) is 4.79 Å². The zero-order valence-electron chi connectivity index (χ0n) is 13.8. The van der Waals surface area contributed by atoms with Crippen molar-refractivity contribution in [3.05, 3.63) is 0 Å². The summed E-state index contributed by atoms with van der Waals surface area (Å²) >= 11 is 0. The predicted octanol–water partition coefficient (Wildman–Crippen LogP) is 4.76. The Morgan fingerprint density at radius 1 is 0.950 bits per heavy atom. The van der Waals surface area contributed by atoms with Gasteiger partial charge in [-0.2, -0.15) is 0 Å². The molecule has 0 saturated heterocycles. The van der Waals surface area contributed by atoms with Crippen LogP contribution in [0, 0.1) is 17.3 Å². The van der Waals surface area contributed by atoms with Gasteiger partial charge in [-0.3, -0.25) is 4.79 Å². The van der Waals surface area contributed by atoms with Crippen LogP contribution in [0.2, 0.25) is 0 Å². The van der Waals surface area contributed by atoms with Crippen molar-refractivity contribution in [2.75, 3.05) is 0 Å². The van der Waals surface area contributed by atoms with Crippen LogP contribution >= 0.6 is 0 Å². The first kappa shape index (κ1) is 16.0. The van der Waals surface area contributed by atoms with Crippen molar-refractivity contribution in [3.8, 4) is 0 Å². The second kappa shape index (κ2) is 6.60. The van der Waals surface area contributed by atoms with E-state index in [0.717, 1.165) is 25.7 Å². The summed E-state index contributed by atoms with van der Waals surface area (Å²) in [5.41, 5.74) is 0.515. The van der Waals surface area contributed by atoms with Gasteiger partial charge in [0, 0.05) is 11.8 Å². The number of hydrogen-bond acceptors (Lipinski definition) is 2. The van der Waals surface area contributed by atoms with E-state index in [1.807, 2.05) is 13.8 Å². The molecule has 0 aromatic heterocycles. The topological polar surface area (TPSA) is 26.3 Å². The molecule has 2 heteroatoms. The average molecular weight is 280 g/mol. The monoisotopic (exact) mass is 280 g/mol. The van der Waals surface area contributed by atoms with Gasteiger partial charge in [-0.15, -0.1) is 0 Å². The van der Waals surface area contributed by atoms with Gasteiger partial charge in [0.15, 0.2) is 0 Å². The highest BCUT2D eigenvalue weighted by atomic mass is 16.5. The minimum absolute atomic E-state index is 0.193. The Morgan fingerprint density at radius 2 is 1.45 bits per heavy atom. The quantitative estimate of drug-likeness (QED) is 0.742. The molecule has 2 aliphatic carbocycles. The van der Waals surface area contributed by atoms with Gasteiger partial charge in [-0.1, -0.05) is 27.7 Å². The molecule has 0 bridgehead atoms. The van der Waals surface area contributed by atoms with Crippen LogP contribution in [0.25, 0.3) is 0 Å². The third-order valence-electron chi connectivity index (χ3n) is 5.32. The third-order valence-corrected chi connectivity index (χ3v) is 5.32. The maximum Gasteiger partial charge on any atom is 0.138 e. The van der Waals surface area contributed by atoms with Crippen molar-refractivity contribution in [2.24, 2.45) is 17.3 Å². The zero-order chi connectivity index (χ0) is 14.8. The standard InChI is InChI=1S/C18H32O2/c1-13(2)17(19)14-5-7-15(8-6-14)20-16-9-11-18(3,4)12-10-16/h13-16H,5-12H2,1-4H3. The van der Waals surface area contributed by atoms with Crippen LogP contribution in [-0.4, -0.2) is 18.0 Å². The molecule has 2 fully saturated rings. The van der Waals surface area contributed by atoms with Gasteiger partial charge in [-0.05, 0) is 56.8 Å². The molecule has 0 amide bonds. The molecule has 0 radical (unpaired) electrons. The first-order chi connectivity index (χ1) is 9.37. The maximum atomic E-state index is 12.0. The van der Waals surface area contributed by atoms with Crippen LogP contribution < -0.4 is 0 Å². The minimum atomic E-state index is 0.193. The summed E-state index contributed by atoms with van der Waals surface area (Å²) in [6, 6.07) is 0. The lowest BCUT2D eigenvalue weighted by molar-refractivity contribution is -0.128. The smallest absolute Gasteiger partial charge is 0.138 e. The molecule has 2 aliphatic rings. The Kier molecular flexibility index (Phi) is 5.28. The van der Waals surface area contributed by atoms with Crippen LogP contribution in [0.1, 0.15) is 79.1 Å². The predicted molar refractivity (Wildman–Crippen MR) is 82.7 cm³/mol. The molecule has 0 aliphatic heterocycles. The second-order valence-electron chi connectivity index (χ2n) is 8.03. The second-order valence-corrected chi connectivity index (χ2v) is 8.03. The van der Waals surface area contributed by atoms with E-state index in [0.29, 0.717) is 29.3 Å². The van der Waals surface area contributed by atoms with Gasteiger partial charge in [0.2, 0.25) is 0 Å². The number of carbonyl (C=O) groups excluding carboxylic acids is 1. The number of ketones is 1. The van der Waals surface area contributed by atoms with Crippen LogP contribution in [0.5, 0.6) is 0 Å².